The van der Waals surface area contributed by atoms with Gasteiger partial charge in [-0.2, -0.15) is 0 Å². The molecule has 0 amide bonds. The molecule has 0 aliphatic heterocycles. The van der Waals surface area contributed by atoms with Crippen LogP contribution < -0.4 is 0 Å². The zero-order valence-corrected chi connectivity index (χ0v) is 13.1. The van der Waals surface area contributed by atoms with Gasteiger partial charge in [0.05, 0.1) is 0 Å². The van der Waals surface area contributed by atoms with E-state index in [1.165, 1.54) is 24.0 Å². The summed E-state index contributed by atoms with van der Waals surface area (Å²) in [5, 5.41) is 0. The van der Waals surface area contributed by atoms with Crippen molar-refractivity contribution in [2.75, 3.05) is 0 Å². The van der Waals surface area contributed by atoms with Crippen LogP contribution in [0.4, 0.5) is 0 Å². The molecule has 0 nitrogen and oxygen atoms in total. The molecule has 0 fully saturated rings. The van der Waals surface area contributed by atoms with Crippen LogP contribution in [0.25, 0.3) is 0 Å². The molecule has 100 valence electrons. The predicted octanol–water partition coefficient (Wildman–Crippen LogP) is 5.32. The Morgan fingerprint density at radius 2 is 1.67 bits per heavy atom. The van der Waals surface area contributed by atoms with Crippen molar-refractivity contribution in [2.24, 2.45) is 11.3 Å². The highest BCUT2D eigenvalue weighted by Crippen LogP contribution is 2.48. The number of rotatable bonds is 0. The van der Waals surface area contributed by atoms with Crippen molar-refractivity contribution in [2.45, 2.75) is 67.2 Å². The van der Waals surface area contributed by atoms with Crippen molar-refractivity contribution in [1.82, 2.24) is 0 Å². The molecule has 2 unspecified atom stereocenters. The smallest absolute Gasteiger partial charge is 0.00845 e. The van der Waals surface area contributed by atoms with E-state index in [0.29, 0.717) is 11.3 Å². The SMILES string of the molecule is Cc1cc2c(c(C)c1C)CCC(C)C2C(C)(C)C. The van der Waals surface area contributed by atoms with Gasteiger partial charge in [-0.05, 0) is 78.7 Å². The summed E-state index contributed by atoms with van der Waals surface area (Å²) in [7, 11) is 0. The predicted molar refractivity (Wildman–Crippen MR) is 80.3 cm³/mol. The van der Waals surface area contributed by atoms with Gasteiger partial charge in [-0.25, -0.2) is 0 Å². The van der Waals surface area contributed by atoms with Gasteiger partial charge in [0.1, 0.15) is 0 Å². The first kappa shape index (κ1) is 13.6. The maximum atomic E-state index is 2.48. The molecule has 0 radical (unpaired) electrons. The first-order valence-corrected chi connectivity index (χ1v) is 7.33. The van der Waals surface area contributed by atoms with E-state index in [1.54, 1.807) is 16.7 Å². The highest BCUT2D eigenvalue weighted by atomic mass is 14.4. The molecule has 0 spiro atoms. The van der Waals surface area contributed by atoms with Crippen LogP contribution in [-0.4, -0.2) is 0 Å². The first-order chi connectivity index (χ1) is 8.23. The van der Waals surface area contributed by atoms with E-state index in [2.05, 4.69) is 54.5 Å². The average molecular weight is 244 g/mol. The van der Waals surface area contributed by atoms with Crippen LogP contribution in [0.5, 0.6) is 0 Å². The Balaban J connectivity index is 2.64. The maximum absolute atomic E-state index is 2.48. The van der Waals surface area contributed by atoms with Crippen LogP contribution in [0.3, 0.4) is 0 Å². The lowest BCUT2D eigenvalue weighted by Crippen LogP contribution is -2.30. The van der Waals surface area contributed by atoms with E-state index in [9.17, 15) is 0 Å². The summed E-state index contributed by atoms with van der Waals surface area (Å²) in [6, 6.07) is 2.48. The Hall–Kier alpha value is -0.780. The van der Waals surface area contributed by atoms with E-state index < -0.39 is 0 Å². The van der Waals surface area contributed by atoms with E-state index in [-0.39, 0.29) is 0 Å². The van der Waals surface area contributed by atoms with E-state index >= 15 is 0 Å². The Labute approximate surface area is 113 Å². The van der Waals surface area contributed by atoms with Crippen molar-refractivity contribution in [3.05, 3.63) is 33.9 Å². The van der Waals surface area contributed by atoms with Gasteiger partial charge in [-0.1, -0.05) is 33.8 Å². The number of hydrogen-bond acceptors (Lipinski definition) is 0. The van der Waals surface area contributed by atoms with Crippen LogP contribution in [0.15, 0.2) is 6.07 Å². The second-order valence-corrected chi connectivity index (χ2v) is 7.37. The number of hydrogen-bond donors (Lipinski definition) is 0. The molecule has 0 N–H and O–H groups in total. The summed E-state index contributed by atoms with van der Waals surface area (Å²) in [5.41, 5.74) is 8.16. The Bertz CT molecular complexity index is 460. The minimum atomic E-state index is 0.364. The lowest BCUT2D eigenvalue weighted by atomic mass is 9.63. The molecule has 1 aromatic carbocycles. The molecule has 1 aliphatic rings. The van der Waals surface area contributed by atoms with E-state index in [4.69, 9.17) is 0 Å². The van der Waals surface area contributed by atoms with Crippen molar-refractivity contribution in [1.29, 1.82) is 0 Å². The third kappa shape index (κ3) is 2.11. The van der Waals surface area contributed by atoms with Crippen molar-refractivity contribution < 1.29 is 0 Å². The second kappa shape index (κ2) is 4.40. The summed E-state index contributed by atoms with van der Waals surface area (Å²) in [4.78, 5) is 0. The molecule has 2 atom stereocenters. The van der Waals surface area contributed by atoms with Gasteiger partial charge in [0.15, 0.2) is 0 Å². The second-order valence-electron chi connectivity index (χ2n) is 7.37. The third-order valence-electron chi connectivity index (χ3n) is 5.01. The van der Waals surface area contributed by atoms with Crippen LogP contribution in [0, 0.1) is 32.1 Å². The van der Waals surface area contributed by atoms with Gasteiger partial charge < -0.3 is 0 Å². The summed E-state index contributed by atoms with van der Waals surface area (Å²) < 4.78 is 0. The van der Waals surface area contributed by atoms with Crippen molar-refractivity contribution in [3.63, 3.8) is 0 Å². The van der Waals surface area contributed by atoms with Crippen molar-refractivity contribution in [3.8, 4) is 0 Å². The summed E-state index contributed by atoms with van der Waals surface area (Å²) in [6.45, 7) is 16.5. The maximum Gasteiger partial charge on any atom is -0.00845 e. The lowest BCUT2D eigenvalue weighted by molar-refractivity contribution is 0.225. The molecule has 0 heterocycles. The number of fused-ring (bicyclic) bond motifs is 1. The van der Waals surface area contributed by atoms with Gasteiger partial charge in [0.25, 0.3) is 0 Å². The monoisotopic (exact) mass is 244 g/mol. The van der Waals surface area contributed by atoms with E-state index in [0.717, 1.165) is 5.92 Å². The molecule has 0 bridgehead atoms. The van der Waals surface area contributed by atoms with Gasteiger partial charge in [-0.15, -0.1) is 0 Å². The van der Waals surface area contributed by atoms with Crippen molar-refractivity contribution >= 4 is 0 Å². The van der Waals surface area contributed by atoms with Crippen LogP contribution in [0.2, 0.25) is 0 Å². The first-order valence-electron chi connectivity index (χ1n) is 7.33. The molecular weight excluding hydrogens is 216 g/mol. The molecule has 1 aliphatic carbocycles. The Morgan fingerprint density at radius 3 is 2.22 bits per heavy atom. The fraction of sp³-hybridized carbons (Fsp3) is 0.667. The van der Waals surface area contributed by atoms with Gasteiger partial charge in [0.2, 0.25) is 0 Å². The number of aryl methyl sites for hydroxylation is 1. The topological polar surface area (TPSA) is 0 Å². The van der Waals surface area contributed by atoms with Gasteiger partial charge in [0, 0.05) is 0 Å². The third-order valence-corrected chi connectivity index (χ3v) is 5.01. The highest BCUT2D eigenvalue weighted by Gasteiger charge is 2.36. The lowest BCUT2D eigenvalue weighted by Gasteiger charge is -2.41. The van der Waals surface area contributed by atoms with Crippen LogP contribution in [-0.2, 0) is 6.42 Å². The fourth-order valence-corrected chi connectivity index (χ4v) is 3.94. The molecule has 18 heavy (non-hydrogen) atoms. The van der Waals surface area contributed by atoms with E-state index in [1.807, 2.05) is 0 Å². The Kier molecular flexibility index (Phi) is 3.34. The average Bonchev–Trinajstić information content (AvgIpc) is 2.24. The minimum absolute atomic E-state index is 0.364. The molecule has 2 rings (SSSR count). The van der Waals surface area contributed by atoms with Gasteiger partial charge >= 0.3 is 0 Å². The molecule has 1 aromatic rings. The molecule has 0 saturated carbocycles. The zero-order valence-electron chi connectivity index (χ0n) is 13.1. The molecule has 0 heteroatoms. The van der Waals surface area contributed by atoms with Gasteiger partial charge in [-0.3, -0.25) is 0 Å². The summed E-state index contributed by atoms with van der Waals surface area (Å²) >= 11 is 0. The quantitative estimate of drug-likeness (QED) is 0.579. The normalized spacial score (nSPS) is 23.9. The summed E-state index contributed by atoms with van der Waals surface area (Å²) in [5.74, 6) is 1.51. The highest BCUT2D eigenvalue weighted by molar-refractivity contribution is 5.47. The zero-order chi connectivity index (χ0) is 13.7. The minimum Gasteiger partial charge on any atom is -0.0619 e. The standard InChI is InChI=1S/C18H28/c1-11-8-9-15-14(4)13(3)12(2)10-16(15)17(11)18(5,6)7/h10-11,17H,8-9H2,1-7H3. The van der Waals surface area contributed by atoms with Crippen LogP contribution in [0.1, 0.15) is 67.9 Å². The molecule has 0 aromatic heterocycles. The molecular formula is C18H28. The largest absolute Gasteiger partial charge is 0.0619 e. The fourth-order valence-electron chi connectivity index (χ4n) is 3.94. The number of benzene rings is 1. The Morgan fingerprint density at radius 1 is 1.06 bits per heavy atom. The van der Waals surface area contributed by atoms with Crippen LogP contribution >= 0.6 is 0 Å². The molecule has 0 saturated heterocycles. The summed E-state index contributed by atoms with van der Waals surface area (Å²) in [6.07, 6.45) is 2.62.